The van der Waals surface area contributed by atoms with E-state index < -0.39 is 0 Å². The third-order valence-electron chi connectivity index (χ3n) is 6.05. The van der Waals surface area contributed by atoms with Gasteiger partial charge in [0.05, 0.1) is 23.9 Å². The summed E-state index contributed by atoms with van der Waals surface area (Å²) in [5, 5.41) is 6.79. The van der Waals surface area contributed by atoms with Gasteiger partial charge < -0.3 is 25.2 Å². The lowest BCUT2D eigenvalue weighted by Crippen LogP contribution is -2.42. The smallest absolute Gasteiger partial charge is 0.154 e. The maximum absolute atomic E-state index is 5.81. The normalized spacial score (nSPS) is 20.3. The van der Waals surface area contributed by atoms with Crippen LogP contribution in [0.3, 0.4) is 0 Å². The lowest BCUT2D eigenvalue weighted by molar-refractivity contribution is 0.0372. The van der Waals surface area contributed by atoms with Crippen molar-refractivity contribution in [3.8, 4) is 11.3 Å². The molecular weight excluding hydrogens is 404 g/mol. The average Bonchev–Trinajstić information content (AvgIpc) is 3.07. The Morgan fingerprint density at radius 2 is 2.06 bits per heavy atom. The Morgan fingerprint density at radius 3 is 2.91 bits per heavy atom. The molecule has 0 bridgehead atoms. The minimum absolute atomic E-state index is 0.106. The van der Waals surface area contributed by atoms with E-state index in [1.165, 1.54) is 0 Å². The minimum atomic E-state index is 0.106. The molecule has 168 valence electrons. The van der Waals surface area contributed by atoms with Crippen LogP contribution >= 0.6 is 0 Å². The molecule has 0 amide bonds. The van der Waals surface area contributed by atoms with Crippen molar-refractivity contribution in [2.75, 3.05) is 69.7 Å². The first-order chi connectivity index (χ1) is 15.8. The van der Waals surface area contributed by atoms with Crippen LogP contribution in [0, 0.1) is 0 Å². The van der Waals surface area contributed by atoms with Crippen molar-refractivity contribution in [1.29, 1.82) is 0 Å². The van der Waals surface area contributed by atoms with E-state index in [1.54, 1.807) is 12.4 Å². The second-order valence-corrected chi connectivity index (χ2v) is 8.41. The molecule has 2 fully saturated rings. The molecule has 0 radical (unpaired) electrons. The first kappa shape index (κ1) is 21.0. The minimum Gasteiger partial charge on any atom is -0.374 e. The number of rotatable bonds is 5. The summed E-state index contributed by atoms with van der Waals surface area (Å²) in [6.07, 6.45) is 6.58. The van der Waals surface area contributed by atoms with Crippen molar-refractivity contribution in [2.45, 2.75) is 12.5 Å². The molecule has 0 spiro atoms. The van der Waals surface area contributed by atoms with Gasteiger partial charge in [-0.05, 0) is 38.2 Å². The predicted octanol–water partition coefficient (Wildman–Crippen LogP) is 1.63. The standard InChI is InChI=1S/C23H30N8O/c1-30-8-2-9-31(11-10-30)21-4-3-17(14-27-21)19-13-20-22(26-6-5-25-20)23(29-19)28-16-18-15-24-7-12-32-18/h3-6,13-14,18,24H,2,7-12,15-16H2,1H3,(H,28,29)/t18-/m0/s1. The zero-order valence-electron chi connectivity index (χ0n) is 18.5. The van der Waals surface area contributed by atoms with Gasteiger partial charge in [0.2, 0.25) is 0 Å². The highest BCUT2D eigenvalue weighted by atomic mass is 16.5. The van der Waals surface area contributed by atoms with Gasteiger partial charge in [0, 0.05) is 63.4 Å². The van der Waals surface area contributed by atoms with Crippen LogP contribution in [0.2, 0.25) is 0 Å². The molecule has 5 rings (SSSR count). The summed E-state index contributed by atoms with van der Waals surface area (Å²) < 4.78 is 5.81. The third-order valence-corrected chi connectivity index (χ3v) is 6.05. The highest BCUT2D eigenvalue weighted by Crippen LogP contribution is 2.26. The zero-order chi connectivity index (χ0) is 21.8. The Hall–Kier alpha value is -2.88. The van der Waals surface area contributed by atoms with Crippen molar-refractivity contribution >= 4 is 22.7 Å². The zero-order valence-corrected chi connectivity index (χ0v) is 18.5. The number of likely N-dealkylation sites (N-methyl/N-ethyl adjacent to an activating group) is 1. The van der Waals surface area contributed by atoms with Gasteiger partial charge in [-0.1, -0.05) is 0 Å². The molecule has 2 N–H and O–H groups in total. The summed E-state index contributed by atoms with van der Waals surface area (Å²) in [7, 11) is 2.18. The SMILES string of the molecule is CN1CCCN(c2ccc(-c3cc4nccnc4c(NC[C@@H]4CNCCO4)n3)cn2)CC1. The molecule has 32 heavy (non-hydrogen) atoms. The lowest BCUT2D eigenvalue weighted by atomic mass is 10.1. The molecule has 2 aliphatic rings. The number of ether oxygens (including phenoxy) is 1. The van der Waals surface area contributed by atoms with E-state index in [9.17, 15) is 0 Å². The fourth-order valence-electron chi connectivity index (χ4n) is 4.20. The molecule has 3 aromatic heterocycles. The highest BCUT2D eigenvalue weighted by molar-refractivity contribution is 5.88. The number of nitrogens with zero attached hydrogens (tertiary/aromatic N) is 6. The van der Waals surface area contributed by atoms with Crippen molar-refractivity contribution in [2.24, 2.45) is 0 Å². The molecule has 0 aromatic carbocycles. The van der Waals surface area contributed by atoms with Crippen LogP contribution in [-0.2, 0) is 4.74 Å². The highest BCUT2D eigenvalue weighted by Gasteiger charge is 2.17. The van der Waals surface area contributed by atoms with Gasteiger partial charge in [-0.15, -0.1) is 0 Å². The van der Waals surface area contributed by atoms with Crippen molar-refractivity contribution < 1.29 is 4.74 Å². The molecule has 0 saturated carbocycles. The maximum atomic E-state index is 5.81. The van der Waals surface area contributed by atoms with E-state index in [-0.39, 0.29) is 6.10 Å². The van der Waals surface area contributed by atoms with Crippen LogP contribution in [0.15, 0.2) is 36.8 Å². The molecule has 9 nitrogen and oxygen atoms in total. The van der Waals surface area contributed by atoms with Crippen LogP contribution in [0.4, 0.5) is 11.6 Å². The van der Waals surface area contributed by atoms with Gasteiger partial charge in [-0.3, -0.25) is 4.98 Å². The Labute approximate surface area is 188 Å². The van der Waals surface area contributed by atoms with E-state index in [0.717, 1.165) is 86.2 Å². The van der Waals surface area contributed by atoms with E-state index in [1.807, 2.05) is 12.3 Å². The fraction of sp³-hybridized carbons (Fsp3) is 0.478. The van der Waals surface area contributed by atoms with E-state index >= 15 is 0 Å². The van der Waals surface area contributed by atoms with Gasteiger partial charge in [-0.2, -0.15) is 0 Å². The molecule has 2 aliphatic heterocycles. The van der Waals surface area contributed by atoms with Crippen LogP contribution < -0.4 is 15.5 Å². The summed E-state index contributed by atoms with van der Waals surface area (Å²) in [5.41, 5.74) is 3.37. The molecule has 9 heteroatoms. The van der Waals surface area contributed by atoms with Gasteiger partial charge in [0.1, 0.15) is 11.3 Å². The Morgan fingerprint density at radius 1 is 1.12 bits per heavy atom. The van der Waals surface area contributed by atoms with Gasteiger partial charge >= 0.3 is 0 Å². The number of anilines is 2. The van der Waals surface area contributed by atoms with Crippen molar-refractivity contribution in [3.05, 3.63) is 36.8 Å². The maximum Gasteiger partial charge on any atom is 0.154 e. The van der Waals surface area contributed by atoms with Crippen LogP contribution in [0.5, 0.6) is 0 Å². The summed E-state index contributed by atoms with van der Waals surface area (Å²) in [4.78, 5) is 23.4. The Kier molecular flexibility index (Phi) is 6.38. The number of fused-ring (bicyclic) bond motifs is 1. The molecule has 5 heterocycles. The molecule has 0 unspecified atom stereocenters. The number of hydrogen-bond acceptors (Lipinski definition) is 9. The molecule has 2 saturated heterocycles. The Balaban J connectivity index is 1.38. The number of nitrogens with one attached hydrogen (secondary N) is 2. The van der Waals surface area contributed by atoms with Crippen LogP contribution in [0.1, 0.15) is 6.42 Å². The molecular formula is C23H30N8O. The number of hydrogen-bond donors (Lipinski definition) is 2. The topological polar surface area (TPSA) is 91.3 Å². The predicted molar refractivity (Wildman–Crippen MR) is 126 cm³/mol. The second kappa shape index (κ2) is 9.72. The summed E-state index contributed by atoms with van der Waals surface area (Å²) in [5.74, 6) is 1.74. The van der Waals surface area contributed by atoms with Crippen LogP contribution in [0.25, 0.3) is 22.3 Å². The first-order valence-corrected chi connectivity index (χ1v) is 11.3. The van der Waals surface area contributed by atoms with Crippen LogP contribution in [-0.4, -0.2) is 90.4 Å². The molecule has 3 aromatic rings. The summed E-state index contributed by atoms with van der Waals surface area (Å²) in [6, 6.07) is 6.17. The van der Waals surface area contributed by atoms with E-state index in [0.29, 0.717) is 6.54 Å². The van der Waals surface area contributed by atoms with Crippen molar-refractivity contribution in [1.82, 2.24) is 30.2 Å². The van der Waals surface area contributed by atoms with E-state index in [2.05, 4.69) is 49.6 Å². The Bertz CT molecular complexity index is 1040. The molecule has 1 atom stereocenters. The summed E-state index contributed by atoms with van der Waals surface area (Å²) in [6.45, 7) is 7.34. The first-order valence-electron chi connectivity index (χ1n) is 11.3. The quantitative estimate of drug-likeness (QED) is 0.622. The number of pyridine rings is 2. The fourth-order valence-corrected chi connectivity index (χ4v) is 4.20. The van der Waals surface area contributed by atoms with Crippen molar-refractivity contribution in [3.63, 3.8) is 0 Å². The average molecular weight is 435 g/mol. The number of aromatic nitrogens is 4. The number of morpholine rings is 1. The summed E-state index contributed by atoms with van der Waals surface area (Å²) >= 11 is 0. The van der Waals surface area contributed by atoms with Gasteiger partial charge in [-0.25, -0.2) is 15.0 Å². The molecule has 0 aliphatic carbocycles. The lowest BCUT2D eigenvalue weighted by Gasteiger charge is -2.24. The van der Waals surface area contributed by atoms with Gasteiger partial charge in [0.25, 0.3) is 0 Å². The second-order valence-electron chi connectivity index (χ2n) is 8.41. The largest absolute Gasteiger partial charge is 0.374 e. The van der Waals surface area contributed by atoms with E-state index in [4.69, 9.17) is 14.7 Å². The third kappa shape index (κ3) is 4.79. The monoisotopic (exact) mass is 434 g/mol. The van der Waals surface area contributed by atoms with Gasteiger partial charge in [0.15, 0.2) is 5.82 Å².